The number of hydrogen-bond donors (Lipinski definition) is 2. The second-order valence-corrected chi connectivity index (χ2v) is 10.5. The molecule has 1 unspecified atom stereocenters. The molecule has 3 aromatic rings. The topological polar surface area (TPSA) is 82.5 Å². The van der Waals surface area contributed by atoms with Crippen molar-refractivity contribution in [2.45, 2.75) is 31.3 Å². The minimum atomic E-state index is -0.662. The van der Waals surface area contributed by atoms with Crippen molar-refractivity contribution in [1.82, 2.24) is 20.0 Å². The molecule has 2 N–H and O–H groups in total. The Balaban J connectivity index is 1.30. The summed E-state index contributed by atoms with van der Waals surface area (Å²) in [6.45, 7) is 3.30. The van der Waals surface area contributed by atoms with Gasteiger partial charge in [0.1, 0.15) is 17.4 Å². The number of halogens is 2. The first-order valence-electron chi connectivity index (χ1n) is 12.3. The third kappa shape index (κ3) is 3.86. The zero-order chi connectivity index (χ0) is 25.7. The average molecular weight is 537 g/mol. The van der Waals surface area contributed by atoms with Crippen molar-refractivity contribution in [3.05, 3.63) is 87.7 Å². The first kappa shape index (κ1) is 23.9. The Morgan fingerprint density at radius 3 is 2.54 bits per heavy atom. The van der Waals surface area contributed by atoms with E-state index in [0.717, 1.165) is 22.8 Å². The Kier molecular flexibility index (Phi) is 5.88. The Hall–Kier alpha value is -3.49. The van der Waals surface area contributed by atoms with Crippen molar-refractivity contribution >= 4 is 46.5 Å². The van der Waals surface area contributed by atoms with Crippen molar-refractivity contribution in [1.29, 1.82) is 0 Å². The van der Waals surface area contributed by atoms with E-state index in [-0.39, 0.29) is 11.8 Å². The molecule has 3 aliphatic heterocycles. The second-order valence-electron chi connectivity index (χ2n) is 9.65. The number of piperidine rings is 1. The highest BCUT2D eigenvalue weighted by atomic mass is 35.5. The Morgan fingerprint density at radius 2 is 1.81 bits per heavy atom. The molecule has 2 fully saturated rings. The maximum absolute atomic E-state index is 14.1. The highest BCUT2D eigenvalue weighted by Gasteiger charge is 2.51. The third-order valence-electron chi connectivity index (χ3n) is 7.68. The number of hydrogen-bond acceptors (Lipinski definition) is 5. The number of para-hydroxylation sites is 1. The summed E-state index contributed by atoms with van der Waals surface area (Å²) in [5.41, 5.74) is 2.52. The zero-order valence-electron chi connectivity index (χ0n) is 20.2. The first-order chi connectivity index (χ1) is 17.9. The van der Waals surface area contributed by atoms with Gasteiger partial charge < -0.3 is 20.4 Å². The van der Waals surface area contributed by atoms with E-state index in [0.29, 0.717) is 48.2 Å². The minimum Gasteiger partial charge on any atom is -0.344 e. The molecule has 0 bridgehead atoms. The molecule has 3 aliphatic rings. The number of likely N-dealkylation sites (tertiary alicyclic amines) is 1. The number of fused-ring (bicyclic) bond motifs is 1. The third-order valence-corrected chi connectivity index (χ3v) is 8.42. The molecule has 2 saturated heterocycles. The average Bonchev–Trinajstić information content (AvgIpc) is 3.50. The number of allylic oxidation sites excluding steroid dienone is 1. The van der Waals surface area contributed by atoms with Crippen molar-refractivity contribution in [3.63, 3.8) is 0 Å². The Bertz CT molecular complexity index is 1410. The lowest BCUT2D eigenvalue weighted by molar-refractivity contribution is -0.132. The lowest BCUT2D eigenvalue weighted by Crippen LogP contribution is -2.57. The van der Waals surface area contributed by atoms with Crippen LogP contribution in [0.2, 0.25) is 10.0 Å². The predicted molar refractivity (Wildman–Crippen MR) is 144 cm³/mol. The molecule has 4 heterocycles. The summed E-state index contributed by atoms with van der Waals surface area (Å²) in [4.78, 5) is 31.1. The van der Waals surface area contributed by atoms with Gasteiger partial charge in [-0.3, -0.25) is 9.59 Å². The van der Waals surface area contributed by atoms with Gasteiger partial charge in [-0.1, -0.05) is 47.5 Å². The minimum absolute atomic E-state index is 0.0213. The number of nitrogens with one attached hydrogen (secondary N) is 2. The molecule has 2 amide bonds. The van der Waals surface area contributed by atoms with E-state index in [1.807, 2.05) is 54.3 Å². The van der Waals surface area contributed by atoms with Crippen molar-refractivity contribution < 1.29 is 9.59 Å². The van der Waals surface area contributed by atoms with Crippen molar-refractivity contribution in [2.75, 3.05) is 30.0 Å². The van der Waals surface area contributed by atoms with Crippen LogP contribution >= 0.6 is 23.2 Å². The van der Waals surface area contributed by atoms with Gasteiger partial charge in [-0.15, -0.1) is 0 Å². The molecule has 8 nitrogen and oxygen atoms in total. The number of anilines is 2. The number of benzene rings is 2. The quantitative estimate of drug-likeness (QED) is 0.517. The van der Waals surface area contributed by atoms with Crippen LogP contribution in [0.1, 0.15) is 31.4 Å². The molecule has 190 valence electrons. The standard InChI is InChI=1S/C27H26Cl2N6O2/c1-17-23(24(35-22(32-17)9-12-31-35)18-7-8-20(28)21(29)15-18)25(36)33-13-10-27(11-14-33)26(37)30-16-34(27)19-5-3-2-4-6-19/h2-9,12,15,24,32H,10-11,13-14,16H2,1H3,(H,30,37). The molecule has 1 atom stereocenters. The molecule has 1 aromatic heterocycles. The fraction of sp³-hybridized carbons (Fsp3) is 0.296. The van der Waals surface area contributed by atoms with Crippen LogP contribution in [0.4, 0.5) is 11.5 Å². The first-order valence-corrected chi connectivity index (χ1v) is 13.0. The van der Waals surface area contributed by atoms with Gasteiger partial charge in [0.2, 0.25) is 5.91 Å². The van der Waals surface area contributed by atoms with Gasteiger partial charge in [0.15, 0.2) is 0 Å². The molecule has 0 radical (unpaired) electrons. The summed E-state index contributed by atoms with van der Waals surface area (Å²) in [6, 6.07) is 16.8. The van der Waals surface area contributed by atoms with Gasteiger partial charge in [-0.05, 0) is 49.6 Å². The van der Waals surface area contributed by atoms with E-state index < -0.39 is 11.6 Å². The summed E-state index contributed by atoms with van der Waals surface area (Å²) in [6.07, 6.45) is 2.79. The molecule has 2 aromatic carbocycles. The van der Waals surface area contributed by atoms with Crippen LogP contribution in [0.5, 0.6) is 0 Å². The van der Waals surface area contributed by atoms with Gasteiger partial charge in [0, 0.05) is 30.5 Å². The van der Waals surface area contributed by atoms with Crippen LogP contribution < -0.4 is 15.5 Å². The van der Waals surface area contributed by atoms with E-state index in [1.54, 1.807) is 23.0 Å². The Labute approximate surface area is 224 Å². The molecule has 10 heteroatoms. The van der Waals surface area contributed by atoms with Gasteiger partial charge in [0.05, 0.1) is 28.5 Å². The maximum atomic E-state index is 14.1. The summed E-state index contributed by atoms with van der Waals surface area (Å²) >= 11 is 12.5. The fourth-order valence-electron chi connectivity index (χ4n) is 5.76. The Morgan fingerprint density at radius 1 is 1.05 bits per heavy atom. The summed E-state index contributed by atoms with van der Waals surface area (Å²) in [5, 5.41) is 11.7. The number of carbonyl (C=O) groups excluding carboxylic acids is 2. The monoisotopic (exact) mass is 536 g/mol. The van der Waals surface area contributed by atoms with Crippen LogP contribution in [0.15, 0.2) is 72.1 Å². The predicted octanol–water partition coefficient (Wildman–Crippen LogP) is 4.43. The largest absolute Gasteiger partial charge is 0.344 e. The van der Waals surface area contributed by atoms with Crippen molar-refractivity contribution in [3.8, 4) is 0 Å². The van der Waals surface area contributed by atoms with Gasteiger partial charge in [-0.25, -0.2) is 4.68 Å². The normalized spacial score (nSPS) is 20.6. The van der Waals surface area contributed by atoms with E-state index >= 15 is 0 Å². The van der Waals surface area contributed by atoms with Gasteiger partial charge >= 0.3 is 0 Å². The molecular formula is C27H26Cl2N6O2. The SMILES string of the molecule is CC1=C(C(=O)N2CCC3(CC2)C(=O)NCN3c2ccccc2)C(c2ccc(Cl)c(Cl)c2)n2nccc2N1. The summed E-state index contributed by atoms with van der Waals surface area (Å²) < 4.78 is 1.80. The maximum Gasteiger partial charge on any atom is 0.254 e. The molecule has 0 aliphatic carbocycles. The van der Waals surface area contributed by atoms with Crippen LogP contribution in [0.3, 0.4) is 0 Å². The second kappa shape index (κ2) is 9.11. The number of carbonyl (C=O) groups is 2. The lowest BCUT2D eigenvalue weighted by Gasteiger charge is -2.44. The smallest absolute Gasteiger partial charge is 0.254 e. The van der Waals surface area contributed by atoms with E-state index in [9.17, 15) is 9.59 Å². The van der Waals surface area contributed by atoms with Gasteiger partial charge in [-0.2, -0.15) is 5.10 Å². The number of aromatic nitrogens is 2. The van der Waals surface area contributed by atoms with Crippen molar-refractivity contribution in [2.24, 2.45) is 0 Å². The highest BCUT2D eigenvalue weighted by molar-refractivity contribution is 6.42. The van der Waals surface area contributed by atoms with Crippen LogP contribution in [0.25, 0.3) is 0 Å². The van der Waals surface area contributed by atoms with Crippen LogP contribution in [-0.2, 0) is 9.59 Å². The fourth-order valence-corrected chi connectivity index (χ4v) is 6.06. The number of rotatable bonds is 3. The molecule has 0 saturated carbocycles. The van der Waals surface area contributed by atoms with Crippen LogP contribution in [0, 0.1) is 0 Å². The summed E-state index contributed by atoms with van der Waals surface area (Å²) in [7, 11) is 0. The van der Waals surface area contributed by atoms with Crippen LogP contribution in [-0.4, -0.2) is 51.8 Å². The highest BCUT2D eigenvalue weighted by Crippen LogP contribution is 2.40. The number of nitrogens with zero attached hydrogens (tertiary/aromatic N) is 4. The molecule has 37 heavy (non-hydrogen) atoms. The van der Waals surface area contributed by atoms with E-state index in [1.165, 1.54) is 0 Å². The van der Waals surface area contributed by atoms with E-state index in [2.05, 4.69) is 20.6 Å². The molecule has 6 rings (SSSR count). The van der Waals surface area contributed by atoms with Gasteiger partial charge in [0.25, 0.3) is 5.91 Å². The summed E-state index contributed by atoms with van der Waals surface area (Å²) in [5.74, 6) is 0.735. The number of amides is 2. The molecular weight excluding hydrogens is 511 g/mol. The lowest BCUT2D eigenvalue weighted by atomic mass is 9.85. The van der Waals surface area contributed by atoms with E-state index in [4.69, 9.17) is 23.2 Å². The zero-order valence-corrected chi connectivity index (χ0v) is 21.8. The molecule has 1 spiro atoms.